The van der Waals surface area contributed by atoms with Crippen molar-refractivity contribution in [3.05, 3.63) is 0 Å². The molecule has 1 N–H and O–H groups in total. The zero-order chi connectivity index (χ0) is 13.5. The van der Waals surface area contributed by atoms with Crippen LogP contribution < -0.4 is 5.32 Å². The topological polar surface area (TPSA) is 55.6 Å². The van der Waals surface area contributed by atoms with E-state index in [0.29, 0.717) is 5.25 Å². The van der Waals surface area contributed by atoms with Crippen LogP contribution in [0.1, 0.15) is 46.0 Å². The predicted molar refractivity (Wildman–Crippen MR) is 78.3 cm³/mol. The molecular weight excluding hydrogens is 258 g/mol. The van der Waals surface area contributed by atoms with Crippen molar-refractivity contribution in [2.24, 2.45) is 5.92 Å². The van der Waals surface area contributed by atoms with Crippen molar-refractivity contribution in [2.75, 3.05) is 13.1 Å². The molecule has 5 nitrogen and oxygen atoms in total. The molecule has 1 aliphatic carbocycles. The molecule has 1 fully saturated rings. The molecule has 0 atom stereocenters. The molecule has 0 aliphatic heterocycles. The van der Waals surface area contributed by atoms with Crippen molar-refractivity contribution >= 4 is 11.8 Å². The van der Waals surface area contributed by atoms with Crippen LogP contribution in [0.15, 0.2) is 5.16 Å². The first-order valence-corrected chi connectivity index (χ1v) is 8.35. The van der Waals surface area contributed by atoms with Crippen LogP contribution in [-0.2, 0) is 6.54 Å². The quantitative estimate of drug-likeness (QED) is 0.778. The van der Waals surface area contributed by atoms with E-state index >= 15 is 0 Å². The second-order valence-electron chi connectivity index (χ2n) is 5.21. The van der Waals surface area contributed by atoms with Crippen molar-refractivity contribution in [3.63, 3.8) is 0 Å². The van der Waals surface area contributed by atoms with Crippen molar-refractivity contribution in [3.8, 4) is 0 Å². The van der Waals surface area contributed by atoms with E-state index in [2.05, 4.69) is 34.7 Å². The molecule has 0 saturated heterocycles. The van der Waals surface area contributed by atoms with Crippen molar-refractivity contribution in [1.29, 1.82) is 0 Å². The molecule has 1 saturated carbocycles. The lowest BCUT2D eigenvalue weighted by molar-refractivity contribution is 0.355. The van der Waals surface area contributed by atoms with Crippen molar-refractivity contribution in [1.82, 2.24) is 25.5 Å². The maximum absolute atomic E-state index is 4.17. The first kappa shape index (κ1) is 14.8. The molecule has 1 aromatic rings. The lowest BCUT2D eigenvalue weighted by Crippen LogP contribution is -2.21. The SMILES string of the molecule is CCNCCn1nnnc1SC1CCC(CC)CC1. The Morgan fingerprint density at radius 3 is 2.74 bits per heavy atom. The number of hydrogen-bond acceptors (Lipinski definition) is 5. The van der Waals surface area contributed by atoms with Gasteiger partial charge in [-0.05, 0) is 48.6 Å². The number of hydrogen-bond donors (Lipinski definition) is 1. The lowest BCUT2D eigenvalue weighted by Gasteiger charge is -2.26. The molecule has 108 valence electrons. The second-order valence-corrected chi connectivity index (χ2v) is 6.47. The molecule has 1 aliphatic rings. The Kier molecular flexibility index (Phi) is 6.10. The fourth-order valence-electron chi connectivity index (χ4n) is 2.59. The lowest BCUT2D eigenvalue weighted by atomic mass is 9.87. The normalized spacial score (nSPS) is 23.7. The fraction of sp³-hybridized carbons (Fsp3) is 0.923. The largest absolute Gasteiger partial charge is 0.315 e. The van der Waals surface area contributed by atoms with Crippen LogP contribution >= 0.6 is 11.8 Å². The summed E-state index contributed by atoms with van der Waals surface area (Å²) in [4.78, 5) is 0. The Morgan fingerprint density at radius 1 is 1.26 bits per heavy atom. The molecule has 6 heteroatoms. The highest BCUT2D eigenvalue weighted by Gasteiger charge is 2.22. The first-order chi connectivity index (χ1) is 9.33. The molecule has 2 rings (SSSR count). The van der Waals surface area contributed by atoms with E-state index in [9.17, 15) is 0 Å². The minimum atomic E-state index is 0.701. The molecule has 0 spiro atoms. The van der Waals surface area contributed by atoms with Crippen LogP contribution in [0.4, 0.5) is 0 Å². The van der Waals surface area contributed by atoms with E-state index in [-0.39, 0.29) is 0 Å². The number of thioether (sulfide) groups is 1. The van der Waals surface area contributed by atoms with Gasteiger partial charge in [-0.2, -0.15) is 0 Å². The maximum atomic E-state index is 4.17. The molecule has 0 amide bonds. The zero-order valence-electron chi connectivity index (χ0n) is 12.0. The highest BCUT2D eigenvalue weighted by Crippen LogP contribution is 2.35. The third-order valence-corrected chi connectivity index (χ3v) is 5.20. The van der Waals surface area contributed by atoms with Crippen molar-refractivity contribution < 1.29 is 0 Å². The van der Waals surface area contributed by atoms with Crippen LogP contribution in [0, 0.1) is 5.92 Å². The third kappa shape index (κ3) is 4.45. The first-order valence-electron chi connectivity index (χ1n) is 7.47. The smallest absolute Gasteiger partial charge is 0.209 e. The molecule has 1 heterocycles. The average Bonchev–Trinajstić information content (AvgIpc) is 2.87. The Labute approximate surface area is 119 Å². The summed E-state index contributed by atoms with van der Waals surface area (Å²) in [6, 6.07) is 0. The van der Waals surface area contributed by atoms with Gasteiger partial charge in [-0.15, -0.1) is 5.10 Å². The number of nitrogens with one attached hydrogen (secondary N) is 1. The van der Waals surface area contributed by atoms with Gasteiger partial charge in [-0.25, -0.2) is 4.68 Å². The van der Waals surface area contributed by atoms with Crippen LogP contribution in [-0.4, -0.2) is 38.5 Å². The standard InChI is InChI=1S/C13H25N5S/c1-3-11-5-7-12(8-6-11)19-13-15-16-17-18(13)10-9-14-4-2/h11-12,14H,3-10H2,1-2H3. The van der Waals surface area contributed by atoms with Gasteiger partial charge in [0.15, 0.2) is 0 Å². The van der Waals surface area contributed by atoms with Gasteiger partial charge in [0.25, 0.3) is 0 Å². The van der Waals surface area contributed by atoms with E-state index < -0.39 is 0 Å². The summed E-state index contributed by atoms with van der Waals surface area (Å²) in [6.07, 6.45) is 6.69. The molecule has 1 aromatic heterocycles. The number of likely N-dealkylation sites (N-methyl/N-ethyl adjacent to an activating group) is 1. The number of rotatable bonds is 7. The highest BCUT2D eigenvalue weighted by atomic mass is 32.2. The van der Waals surface area contributed by atoms with E-state index in [0.717, 1.165) is 30.7 Å². The maximum Gasteiger partial charge on any atom is 0.209 e. The van der Waals surface area contributed by atoms with E-state index in [1.807, 2.05) is 16.4 Å². The average molecular weight is 283 g/mol. The highest BCUT2D eigenvalue weighted by molar-refractivity contribution is 7.99. The number of aromatic nitrogens is 4. The Hall–Kier alpha value is -0.620. The van der Waals surface area contributed by atoms with Gasteiger partial charge in [-0.1, -0.05) is 32.0 Å². The predicted octanol–water partition coefficient (Wildman–Crippen LogP) is 2.34. The zero-order valence-corrected chi connectivity index (χ0v) is 12.8. The van der Waals surface area contributed by atoms with E-state index in [1.165, 1.54) is 32.1 Å². The van der Waals surface area contributed by atoms with Gasteiger partial charge in [0.2, 0.25) is 5.16 Å². The molecule has 0 bridgehead atoms. The summed E-state index contributed by atoms with van der Waals surface area (Å²) in [7, 11) is 0. The summed E-state index contributed by atoms with van der Waals surface area (Å²) in [6.45, 7) is 7.19. The van der Waals surface area contributed by atoms with E-state index in [4.69, 9.17) is 0 Å². The molecule has 0 unspecified atom stereocenters. The molecular formula is C13H25N5S. The van der Waals surface area contributed by atoms with Gasteiger partial charge in [0.1, 0.15) is 0 Å². The van der Waals surface area contributed by atoms with Crippen LogP contribution in [0.5, 0.6) is 0 Å². The van der Waals surface area contributed by atoms with Crippen LogP contribution in [0.2, 0.25) is 0 Å². The molecule has 0 radical (unpaired) electrons. The summed E-state index contributed by atoms with van der Waals surface area (Å²) < 4.78 is 1.93. The Balaban J connectivity index is 1.81. The molecule has 19 heavy (non-hydrogen) atoms. The monoisotopic (exact) mass is 283 g/mol. The Morgan fingerprint density at radius 2 is 2.05 bits per heavy atom. The summed E-state index contributed by atoms with van der Waals surface area (Å²) in [5.41, 5.74) is 0. The van der Waals surface area contributed by atoms with Gasteiger partial charge >= 0.3 is 0 Å². The Bertz CT molecular complexity index is 360. The number of nitrogens with zero attached hydrogens (tertiary/aromatic N) is 4. The summed E-state index contributed by atoms with van der Waals surface area (Å²) in [5.74, 6) is 0.946. The fourth-order valence-corrected chi connectivity index (χ4v) is 3.73. The van der Waals surface area contributed by atoms with Gasteiger partial charge in [0, 0.05) is 11.8 Å². The van der Waals surface area contributed by atoms with Gasteiger partial charge < -0.3 is 5.32 Å². The van der Waals surface area contributed by atoms with Crippen LogP contribution in [0.25, 0.3) is 0 Å². The van der Waals surface area contributed by atoms with E-state index in [1.54, 1.807) is 0 Å². The molecule has 0 aromatic carbocycles. The minimum absolute atomic E-state index is 0.701. The third-order valence-electron chi connectivity index (χ3n) is 3.89. The van der Waals surface area contributed by atoms with Crippen LogP contribution in [0.3, 0.4) is 0 Å². The van der Waals surface area contributed by atoms with Gasteiger partial charge in [-0.3, -0.25) is 0 Å². The summed E-state index contributed by atoms with van der Waals surface area (Å²) >= 11 is 1.87. The van der Waals surface area contributed by atoms with Gasteiger partial charge in [0.05, 0.1) is 6.54 Å². The summed E-state index contributed by atoms with van der Waals surface area (Å²) in [5, 5.41) is 17.0. The second kappa shape index (κ2) is 7.85. The number of tetrazole rings is 1. The van der Waals surface area contributed by atoms with Crippen molar-refractivity contribution in [2.45, 2.75) is 62.9 Å². The minimum Gasteiger partial charge on any atom is -0.315 e.